The number of piperazine rings is 1. The first-order valence-electron chi connectivity index (χ1n) is 7.33. The highest BCUT2D eigenvalue weighted by molar-refractivity contribution is 5.95. The van der Waals surface area contributed by atoms with Crippen molar-refractivity contribution in [3.05, 3.63) is 34.9 Å². The molecule has 0 spiro atoms. The second-order valence-electron chi connectivity index (χ2n) is 6.93. The van der Waals surface area contributed by atoms with Crippen LogP contribution in [0.5, 0.6) is 0 Å². The fourth-order valence-corrected chi connectivity index (χ4v) is 2.71. The van der Waals surface area contributed by atoms with Gasteiger partial charge in [0.15, 0.2) is 0 Å². The number of aryl methyl sites for hydroxylation is 2. The van der Waals surface area contributed by atoms with E-state index in [0.29, 0.717) is 6.54 Å². The molecule has 1 unspecified atom stereocenters. The Hall–Kier alpha value is -1.84. The zero-order chi connectivity index (χ0) is 15.8. The number of hydrogen-bond donors (Lipinski definition) is 1. The molecule has 1 aromatic carbocycles. The molecule has 0 saturated carbocycles. The molecule has 1 atom stereocenters. The van der Waals surface area contributed by atoms with E-state index < -0.39 is 6.04 Å². The van der Waals surface area contributed by atoms with Crippen molar-refractivity contribution in [2.45, 2.75) is 47.2 Å². The van der Waals surface area contributed by atoms with Gasteiger partial charge in [-0.3, -0.25) is 9.59 Å². The Balaban J connectivity index is 2.27. The Bertz CT molecular complexity index is 552. The summed E-state index contributed by atoms with van der Waals surface area (Å²) in [7, 11) is 0. The Morgan fingerprint density at radius 3 is 2.29 bits per heavy atom. The Labute approximate surface area is 126 Å². The highest BCUT2D eigenvalue weighted by Gasteiger charge is 2.39. The van der Waals surface area contributed by atoms with E-state index in [-0.39, 0.29) is 23.8 Å². The van der Waals surface area contributed by atoms with Crippen molar-refractivity contribution >= 4 is 11.8 Å². The lowest BCUT2D eigenvalue weighted by Crippen LogP contribution is -2.61. The van der Waals surface area contributed by atoms with E-state index >= 15 is 0 Å². The van der Waals surface area contributed by atoms with Crippen LogP contribution in [-0.2, 0) is 16.1 Å². The van der Waals surface area contributed by atoms with E-state index in [1.54, 1.807) is 4.90 Å². The molecule has 1 saturated heterocycles. The number of carbonyl (C=O) groups is 2. The van der Waals surface area contributed by atoms with Gasteiger partial charge in [-0.25, -0.2) is 0 Å². The molecule has 114 valence electrons. The maximum absolute atomic E-state index is 12.7. The van der Waals surface area contributed by atoms with Crippen LogP contribution in [0.3, 0.4) is 0 Å². The minimum absolute atomic E-state index is 0.00440. The fourth-order valence-electron chi connectivity index (χ4n) is 2.71. The van der Waals surface area contributed by atoms with Crippen molar-refractivity contribution in [1.29, 1.82) is 0 Å². The lowest BCUT2D eigenvalue weighted by atomic mass is 9.84. The van der Waals surface area contributed by atoms with Gasteiger partial charge in [-0.2, -0.15) is 0 Å². The molecule has 0 bridgehead atoms. The van der Waals surface area contributed by atoms with Gasteiger partial charge in [0.1, 0.15) is 6.04 Å². The first-order chi connectivity index (χ1) is 9.70. The Kier molecular flexibility index (Phi) is 4.08. The minimum atomic E-state index is -0.455. The van der Waals surface area contributed by atoms with E-state index in [4.69, 9.17) is 0 Å². The molecular weight excluding hydrogens is 264 g/mol. The van der Waals surface area contributed by atoms with Crippen LogP contribution in [0.25, 0.3) is 0 Å². The fraction of sp³-hybridized carbons (Fsp3) is 0.529. The zero-order valence-corrected chi connectivity index (χ0v) is 13.5. The van der Waals surface area contributed by atoms with Gasteiger partial charge in [-0.05, 0) is 36.0 Å². The Morgan fingerprint density at radius 1 is 1.19 bits per heavy atom. The minimum Gasteiger partial charge on any atom is -0.342 e. The van der Waals surface area contributed by atoms with E-state index in [1.165, 1.54) is 0 Å². The number of nitrogens with zero attached hydrogens (tertiary/aromatic N) is 1. The molecule has 1 fully saturated rings. The summed E-state index contributed by atoms with van der Waals surface area (Å²) in [5, 5.41) is 2.82. The summed E-state index contributed by atoms with van der Waals surface area (Å²) in [5.41, 5.74) is 3.15. The SMILES string of the molecule is Cc1cccc(C)c1CN1CC(=O)NC(C(C)(C)C)C1=O. The lowest BCUT2D eigenvalue weighted by Gasteiger charge is -2.39. The maximum atomic E-state index is 12.7. The molecule has 0 aliphatic carbocycles. The van der Waals surface area contributed by atoms with Crippen LogP contribution in [0.1, 0.15) is 37.5 Å². The summed E-state index contributed by atoms with van der Waals surface area (Å²) in [6, 6.07) is 5.63. The smallest absolute Gasteiger partial charge is 0.246 e. The van der Waals surface area contributed by atoms with E-state index in [2.05, 4.69) is 5.32 Å². The summed E-state index contributed by atoms with van der Waals surface area (Å²) in [5.74, 6) is -0.0782. The topological polar surface area (TPSA) is 49.4 Å². The normalized spacial score (nSPS) is 19.7. The van der Waals surface area contributed by atoms with Gasteiger partial charge >= 0.3 is 0 Å². The second kappa shape index (κ2) is 5.51. The van der Waals surface area contributed by atoms with Crippen molar-refractivity contribution in [2.75, 3.05) is 6.54 Å². The van der Waals surface area contributed by atoms with Crippen LogP contribution >= 0.6 is 0 Å². The number of hydrogen-bond acceptors (Lipinski definition) is 2. The van der Waals surface area contributed by atoms with Crippen LogP contribution in [0.4, 0.5) is 0 Å². The molecule has 1 aromatic rings. The third-order valence-electron chi connectivity index (χ3n) is 4.06. The quantitative estimate of drug-likeness (QED) is 0.907. The van der Waals surface area contributed by atoms with Gasteiger partial charge in [0.05, 0.1) is 6.54 Å². The molecule has 1 aliphatic rings. The van der Waals surface area contributed by atoms with Gasteiger partial charge in [-0.15, -0.1) is 0 Å². The molecule has 4 heteroatoms. The highest BCUT2D eigenvalue weighted by Crippen LogP contribution is 2.25. The summed E-state index contributed by atoms with van der Waals surface area (Å²) in [6.07, 6.45) is 0. The summed E-state index contributed by atoms with van der Waals surface area (Å²) in [6.45, 7) is 10.6. The van der Waals surface area contributed by atoms with Gasteiger partial charge < -0.3 is 10.2 Å². The number of carbonyl (C=O) groups excluding carboxylic acids is 2. The number of nitrogens with one attached hydrogen (secondary N) is 1. The van der Waals surface area contributed by atoms with Crippen LogP contribution in [-0.4, -0.2) is 29.3 Å². The third kappa shape index (κ3) is 3.26. The highest BCUT2D eigenvalue weighted by atomic mass is 16.2. The summed E-state index contributed by atoms with van der Waals surface area (Å²) < 4.78 is 0. The lowest BCUT2D eigenvalue weighted by molar-refractivity contribution is -0.147. The average Bonchev–Trinajstić information content (AvgIpc) is 2.36. The molecule has 0 radical (unpaired) electrons. The Morgan fingerprint density at radius 2 is 1.76 bits per heavy atom. The molecule has 2 rings (SSSR count). The molecular formula is C17H24N2O2. The van der Waals surface area contributed by atoms with E-state index in [9.17, 15) is 9.59 Å². The second-order valence-corrected chi connectivity index (χ2v) is 6.93. The van der Waals surface area contributed by atoms with Crippen LogP contribution < -0.4 is 5.32 Å². The largest absolute Gasteiger partial charge is 0.342 e. The summed E-state index contributed by atoms with van der Waals surface area (Å²) >= 11 is 0. The average molecular weight is 288 g/mol. The zero-order valence-electron chi connectivity index (χ0n) is 13.5. The van der Waals surface area contributed by atoms with Gasteiger partial charge in [0.2, 0.25) is 11.8 Å². The predicted octanol–water partition coefficient (Wildman–Crippen LogP) is 2.18. The first kappa shape index (κ1) is 15.5. The van der Waals surface area contributed by atoms with Gasteiger partial charge in [0.25, 0.3) is 0 Å². The van der Waals surface area contributed by atoms with Crippen molar-refractivity contribution in [3.63, 3.8) is 0 Å². The number of amides is 2. The maximum Gasteiger partial charge on any atom is 0.246 e. The molecule has 0 aromatic heterocycles. The van der Waals surface area contributed by atoms with Crippen LogP contribution in [0.2, 0.25) is 0 Å². The van der Waals surface area contributed by atoms with Crippen molar-refractivity contribution < 1.29 is 9.59 Å². The predicted molar refractivity (Wildman–Crippen MR) is 82.7 cm³/mol. The third-order valence-corrected chi connectivity index (χ3v) is 4.06. The van der Waals surface area contributed by atoms with Crippen molar-refractivity contribution in [3.8, 4) is 0 Å². The van der Waals surface area contributed by atoms with Crippen LogP contribution in [0, 0.1) is 19.3 Å². The molecule has 1 heterocycles. The van der Waals surface area contributed by atoms with Gasteiger partial charge in [-0.1, -0.05) is 39.0 Å². The first-order valence-corrected chi connectivity index (χ1v) is 7.33. The standard InChI is InChI=1S/C17H24N2O2/c1-11-7-6-8-12(2)13(11)9-19-10-14(20)18-15(16(19)21)17(3,4)5/h6-8,15H,9-10H2,1-5H3,(H,18,20). The number of benzene rings is 1. The molecule has 4 nitrogen and oxygen atoms in total. The monoisotopic (exact) mass is 288 g/mol. The van der Waals surface area contributed by atoms with Crippen molar-refractivity contribution in [1.82, 2.24) is 10.2 Å². The molecule has 2 amide bonds. The molecule has 1 aliphatic heterocycles. The van der Waals surface area contributed by atoms with E-state index in [1.807, 2.05) is 52.8 Å². The van der Waals surface area contributed by atoms with Gasteiger partial charge in [0, 0.05) is 6.54 Å². The van der Waals surface area contributed by atoms with E-state index in [0.717, 1.165) is 16.7 Å². The summed E-state index contributed by atoms with van der Waals surface area (Å²) in [4.78, 5) is 26.3. The molecule has 1 N–H and O–H groups in total. The van der Waals surface area contributed by atoms with Crippen LogP contribution in [0.15, 0.2) is 18.2 Å². The molecule has 21 heavy (non-hydrogen) atoms. The van der Waals surface area contributed by atoms with Crippen molar-refractivity contribution in [2.24, 2.45) is 5.41 Å². The number of rotatable bonds is 2.